The van der Waals surface area contributed by atoms with Gasteiger partial charge in [0.05, 0.1) is 17.3 Å². The summed E-state index contributed by atoms with van der Waals surface area (Å²) in [6.45, 7) is 0.0239. The van der Waals surface area contributed by atoms with Gasteiger partial charge in [-0.05, 0) is 51.2 Å². The Hall–Kier alpha value is 0.440. The van der Waals surface area contributed by atoms with Crippen molar-refractivity contribution in [3.05, 3.63) is 24.8 Å². The average Bonchev–Trinajstić information content (AvgIpc) is 2.09. The summed E-state index contributed by atoms with van der Waals surface area (Å²) in [4.78, 5) is 0. The van der Waals surface area contributed by atoms with Crippen LogP contribution in [0.2, 0.25) is 0 Å². The first-order chi connectivity index (χ1) is 5.70. The van der Waals surface area contributed by atoms with Crippen molar-refractivity contribution in [1.82, 2.24) is 0 Å². The van der Waals surface area contributed by atoms with E-state index in [4.69, 9.17) is 9.84 Å². The highest BCUT2D eigenvalue weighted by Gasteiger charge is 2.08. The van der Waals surface area contributed by atoms with Crippen LogP contribution in [0, 0.1) is 7.14 Å². The van der Waals surface area contributed by atoms with Gasteiger partial charge in [-0.25, -0.2) is 0 Å². The predicted molar refractivity (Wildman–Crippen MR) is 64.4 cm³/mol. The maximum atomic E-state index is 8.98. The van der Waals surface area contributed by atoms with E-state index < -0.39 is 0 Å². The van der Waals surface area contributed by atoms with Crippen molar-refractivity contribution in [3.8, 4) is 5.75 Å². The van der Waals surface area contributed by atoms with Crippen molar-refractivity contribution in [2.75, 3.05) is 7.11 Å². The molecule has 0 heterocycles. The van der Waals surface area contributed by atoms with Gasteiger partial charge < -0.3 is 9.84 Å². The lowest BCUT2D eigenvalue weighted by atomic mass is 10.2. The van der Waals surface area contributed by atoms with Gasteiger partial charge in [0.15, 0.2) is 0 Å². The summed E-state index contributed by atoms with van der Waals surface area (Å²) >= 11 is 4.45. The SMILES string of the molecule is COc1c(CO)ccc(I)c1I. The molecule has 0 bridgehead atoms. The minimum absolute atomic E-state index is 0.0239. The van der Waals surface area contributed by atoms with Gasteiger partial charge >= 0.3 is 0 Å². The van der Waals surface area contributed by atoms with Crippen molar-refractivity contribution >= 4 is 45.2 Å². The molecule has 0 unspecified atom stereocenters. The van der Waals surface area contributed by atoms with Crippen LogP contribution in [-0.2, 0) is 6.61 Å². The van der Waals surface area contributed by atoms with Gasteiger partial charge in [-0.15, -0.1) is 0 Å². The van der Waals surface area contributed by atoms with Crippen molar-refractivity contribution in [3.63, 3.8) is 0 Å². The number of methoxy groups -OCH3 is 1. The Morgan fingerprint density at radius 3 is 2.58 bits per heavy atom. The van der Waals surface area contributed by atoms with Crippen LogP contribution in [0.1, 0.15) is 5.56 Å². The fourth-order valence-corrected chi connectivity index (χ4v) is 2.09. The number of benzene rings is 1. The van der Waals surface area contributed by atoms with Crippen LogP contribution in [0.3, 0.4) is 0 Å². The van der Waals surface area contributed by atoms with Crippen LogP contribution in [0.4, 0.5) is 0 Å². The van der Waals surface area contributed by atoms with E-state index in [1.165, 1.54) is 0 Å². The van der Waals surface area contributed by atoms with Gasteiger partial charge in [-0.3, -0.25) is 0 Å². The molecule has 0 fully saturated rings. The van der Waals surface area contributed by atoms with Crippen molar-refractivity contribution in [2.45, 2.75) is 6.61 Å². The first-order valence-electron chi connectivity index (χ1n) is 3.32. The number of aliphatic hydroxyl groups excluding tert-OH is 1. The number of ether oxygens (including phenoxy) is 1. The van der Waals surface area contributed by atoms with Gasteiger partial charge in [-0.1, -0.05) is 6.07 Å². The highest BCUT2D eigenvalue weighted by molar-refractivity contribution is 14.1. The molecule has 1 aromatic rings. The molecule has 0 spiro atoms. The Balaban J connectivity index is 3.25. The maximum Gasteiger partial charge on any atom is 0.138 e. The van der Waals surface area contributed by atoms with Crippen molar-refractivity contribution in [1.29, 1.82) is 0 Å². The second-order valence-corrected chi connectivity index (χ2v) is 4.45. The van der Waals surface area contributed by atoms with Crippen LogP contribution < -0.4 is 4.74 Å². The van der Waals surface area contributed by atoms with E-state index in [-0.39, 0.29) is 6.61 Å². The molecule has 66 valence electrons. The summed E-state index contributed by atoms with van der Waals surface area (Å²) in [5.74, 6) is 0.782. The van der Waals surface area contributed by atoms with E-state index in [1.807, 2.05) is 12.1 Å². The summed E-state index contributed by atoms with van der Waals surface area (Å²) in [5.41, 5.74) is 0.835. The molecule has 0 saturated carbocycles. The molecule has 0 aliphatic rings. The van der Waals surface area contributed by atoms with Crippen molar-refractivity contribution < 1.29 is 9.84 Å². The van der Waals surface area contributed by atoms with Gasteiger partial charge in [0.1, 0.15) is 5.75 Å². The molecule has 0 amide bonds. The largest absolute Gasteiger partial charge is 0.495 e. The summed E-state index contributed by atoms with van der Waals surface area (Å²) in [6, 6.07) is 3.85. The van der Waals surface area contributed by atoms with Crippen LogP contribution in [0.25, 0.3) is 0 Å². The molecule has 0 saturated heterocycles. The number of halogens is 2. The summed E-state index contributed by atoms with van der Waals surface area (Å²) in [5, 5.41) is 8.98. The zero-order valence-corrected chi connectivity index (χ0v) is 10.8. The molecule has 1 N–H and O–H groups in total. The third kappa shape index (κ3) is 2.02. The van der Waals surface area contributed by atoms with Crippen LogP contribution in [0.5, 0.6) is 5.75 Å². The summed E-state index contributed by atoms with van der Waals surface area (Å²) in [7, 11) is 1.62. The lowest BCUT2D eigenvalue weighted by Gasteiger charge is -2.09. The number of hydrogen-bond acceptors (Lipinski definition) is 2. The Bertz CT molecular complexity index is 287. The standard InChI is InChI=1S/C8H8I2O2/c1-12-8-5(4-11)2-3-6(9)7(8)10/h2-3,11H,4H2,1H3. The Kier molecular flexibility index (Phi) is 4.04. The van der Waals surface area contributed by atoms with E-state index in [0.717, 1.165) is 18.5 Å². The average molecular weight is 390 g/mol. The monoisotopic (exact) mass is 390 g/mol. The lowest BCUT2D eigenvalue weighted by molar-refractivity contribution is 0.273. The first-order valence-corrected chi connectivity index (χ1v) is 5.48. The Morgan fingerprint density at radius 1 is 1.42 bits per heavy atom. The Labute approximate surface area is 98.6 Å². The van der Waals surface area contributed by atoms with Crippen LogP contribution in [-0.4, -0.2) is 12.2 Å². The fourth-order valence-electron chi connectivity index (χ4n) is 0.917. The topological polar surface area (TPSA) is 29.5 Å². The molecule has 4 heteroatoms. The minimum Gasteiger partial charge on any atom is -0.495 e. The second-order valence-electron chi connectivity index (χ2n) is 2.21. The molecule has 0 radical (unpaired) electrons. The first kappa shape index (κ1) is 10.5. The third-order valence-corrected chi connectivity index (χ3v) is 4.51. The molecule has 0 atom stereocenters. The highest BCUT2D eigenvalue weighted by atomic mass is 127. The molecular weight excluding hydrogens is 382 g/mol. The van der Waals surface area contributed by atoms with Gasteiger partial charge in [0.2, 0.25) is 0 Å². The molecule has 12 heavy (non-hydrogen) atoms. The van der Waals surface area contributed by atoms with Gasteiger partial charge in [-0.2, -0.15) is 0 Å². The third-order valence-electron chi connectivity index (χ3n) is 1.51. The predicted octanol–water partition coefficient (Wildman–Crippen LogP) is 2.40. The summed E-state index contributed by atoms with van der Waals surface area (Å²) < 4.78 is 7.37. The minimum atomic E-state index is 0.0239. The maximum absolute atomic E-state index is 8.98. The number of rotatable bonds is 2. The molecule has 1 aromatic carbocycles. The van der Waals surface area contributed by atoms with Crippen LogP contribution >= 0.6 is 45.2 Å². The van der Waals surface area contributed by atoms with Crippen molar-refractivity contribution in [2.24, 2.45) is 0 Å². The lowest BCUT2D eigenvalue weighted by Crippen LogP contribution is -1.96. The zero-order valence-electron chi connectivity index (χ0n) is 6.47. The fraction of sp³-hybridized carbons (Fsp3) is 0.250. The van der Waals surface area contributed by atoms with E-state index in [9.17, 15) is 0 Å². The normalized spacial score (nSPS) is 10.0. The molecule has 1 rings (SSSR count). The Morgan fingerprint density at radius 2 is 2.08 bits per heavy atom. The van der Waals surface area contributed by atoms with E-state index in [1.54, 1.807) is 7.11 Å². The zero-order chi connectivity index (χ0) is 9.14. The van der Waals surface area contributed by atoms with Gasteiger partial charge in [0.25, 0.3) is 0 Å². The molecule has 0 aliphatic heterocycles. The molecule has 0 aromatic heterocycles. The molecular formula is C8H8I2O2. The quantitative estimate of drug-likeness (QED) is 0.787. The highest BCUT2D eigenvalue weighted by Crippen LogP contribution is 2.29. The van der Waals surface area contributed by atoms with Crippen LogP contribution in [0.15, 0.2) is 12.1 Å². The summed E-state index contributed by atoms with van der Waals surface area (Å²) in [6.07, 6.45) is 0. The van der Waals surface area contributed by atoms with E-state index >= 15 is 0 Å². The number of hydrogen-bond donors (Lipinski definition) is 1. The van der Waals surface area contributed by atoms with Gasteiger partial charge in [0, 0.05) is 9.13 Å². The van der Waals surface area contributed by atoms with E-state index in [2.05, 4.69) is 45.2 Å². The number of aliphatic hydroxyl groups is 1. The van der Waals surface area contributed by atoms with E-state index in [0.29, 0.717) is 0 Å². The second kappa shape index (κ2) is 4.61. The smallest absolute Gasteiger partial charge is 0.138 e. The molecule has 2 nitrogen and oxygen atoms in total. The molecule has 0 aliphatic carbocycles.